The molecule has 1 unspecified atom stereocenters. The zero-order chi connectivity index (χ0) is 9.52. The Hall–Kier alpha value is -0.520. The van der Waals surface area contributed by atoms with E-state index in [4.69, 9.17) is 0 Å². The average molecular weight is 181 g/mol. The van der Waals surface area contributed by atoms with E-state index in [-0.39, 0.29) is 6.10 Å². The molecule has 13 heavy (non-hydrogen) atoms. The molecule has 1 aliphatic heterocycles. The van der Waals surface area contributed by atoms with Gasteiger partial charge in [-0.2, -0.15) is 0 Å². The molecule has 1 fully saturated rings. The minimum absolute atomic E-state index is 0.259. The Morgan fingerprint density at radius 1 is 1.31 bits per heavy atom. The summed E-state index contributed by atoms with van der Waals surface area (Å²) < 4.78 is 0. The standard InChI is InChI=1S/C11H19NO/c1-2-3-7-11(13)10-12-8-5-4-6-9-12/h11,13H,4-10H2,1H3. The second kappa shape index (κ2) is 6.01. The molecule has 0 amide bonds. The van der Waals surface area contributed by atoms with Gasteiger partial charge in [-0.3, -0.25) is 0 Å². The number of aliphatic hydroxyl groups excluding tert-OH is 1. The quantitative estimate of drug-likeness (QED) is 0.662. The Morgan fingerprint density at radius 3 is 2.62 bits per heavy atom. The first kappa shape index (κ1) is 10.6. The van der Waals surface area contributed by atoms with Gasteiger partial charge in [0.2, 0.25) is 0 Å². The molecule has 74 valence electrons. The van der Waals surface area contributed by atoms with E-state index in [0.717, 1.165) is 19.6 Å². The van der Waals surface area contributed by atoms with Crippen molar-refractivity contribution in [2.24, 2.45) is 0 Å². The first-order valence-electron chi connectivity index (χ1n) is 5.13. The molecule has 0 aromatic carbocycles. The predicted molar refractivity (Wildman–Crippen MR) is 54.4 cm³/mol. The lowest BCUT2D eigenvalue weighted by Gasteiger charge is -2.27. The number of hydrogen-bond donors (Lipinski definition) is 1. The van der Waals surface area contributed by atoms with Crippen LogP contribution in [0.1, 0.15) is 32.6 Å². The van der Waals surface area contributed by atoms with E-state index >= 15 is 0 Å². The third-order valence-electron chi connectivity index (χ3n) is 2.43. The number of β-amino-alcohol motifs (C(OH)–C–C–N with tert-alkyl or cyclic N) is 1. The summed E-state index contributed by atoms with van der Waals surface area (Å²) >= 11 is 0. The Labute approximate surface area is 80.9 Å². The summed E-state index contributed by atoms with van der Waals surface area (Å²) in [6, 6.07) is 0. The van der Waals surface area contributed by atoms with Crippen LogP contribution in [0.3, 0.4) is 0 Å². The maximum atomic E-state index is 9.59. The van der Waals surface area contributed by atoms with Crippen LogP contribution in [-0.2, 0) is 0 Å². The van der Waals surface area contributed by atoms with Gasteiger partial charge >= 0.3 is 0 Å². The lowest BCUT2D eigenvalue weighted by atomic mass is 10.1. The fourth-order valence-corrected chi connectivity index (χ4v) is 1.72. The highest BCUT2D eigenvalue weighted by Gasteiger charge is 2.13. The maximum absolute atomic E-state index is 9.59. The number of hydrogen-bond acceptors (Lipinski definition) is 2. The molecular weight excluding hydrogens is 162 g/mol. The van der Waals surface area contributed by atoms with E-state index in [0.29, 0.717) is 6.42 Å². The smallest absolute Gasteiger partial charge is 0.0776 e. The first-order chi connectivity index (χ1) is 6.33. The number of rotatable bonds is 3. The topological polar surface area (TPSA) is 23.5 Å². The van der Waals surface area contributed by atoms with Crippen molar-refractivity contribution < 1.29 is 5.11 Å². The van der Waals surface area contributed by atoms with E-state index in [9.17, 15) is 5.11 Å². The highest BCUT2D eigenvalue weighted by atomic mass is 16.3. The fourth-order valence-electron chi connectivity index (χ4n) is 1.72. The van der Waals surface area contributed by atoms with E-state index in [1.165, 1.54) is 19.3 Å². The Kier molecular flexibility index (Phi) is 4.88. The van der Waals surface area contributed by atoms with Crippen molar-refractivity contribution >= 4 is 0 Å². The van der Waals surface area contributed by atoms with Gasteiger partial charge in [0, 0.05) is 13.0 Å². The monoisotopic (exact) mass is 181 g/mol. The molecule has 1 saturated heterocycles. The average Bonchev–Trinajstić information content (AvgIpc) is 2.16. The summed E-state index contributed by atoms with van der Waals surface area (Å²) in [5.74, 6) is 5.72. The van der Waals surface area contributed by atoms with Crippen LogP contribution < -0.4 is 0 Å². The van der Waals surface area contributed by atoms with Crippen LogP contribution in [0.15, 0.2) is 0 Å². The summed E-state index contributed by atoms with van der Waals surface area (Å²) in [6.07, 6.45) is 4.28. The molecule has 1 rings (SSSR count). The lowest BCUT2D eigenvalue weighted by molar-refractivity contribution is 0.105. The summed E-state index contributed by atoms with van der Waals surface area (Å²) in [6.45, 7) is 4.91. The Bertz CT molecular complexity index is 186. The summed E-state index contributed by atoms with van der Waals surface area (Å²) in [5.41, 5.74) is 0. The number of piperidine rings is 1. The SMILES string of the molecule is CC#CCC(O)CN1CCCCC1. The lowest BCUT2D eigenvalue weighted by Crippen LogP contribution is -2.36. The van der Waals surface area contributed by atoms with Crippen molar-refractivity contribution in [1.82, 2.24) is 4.90 Å². The molecule has 1 heterocycles. The summed E-state index contributed by atoms with van der Waals surface area (Å²) in [7, 11) is 0. The van der Waals surface area contributed by atoms with Crippen LogP contribution >= 0.6 is 0 Å². The highest BCUT2D eigenvalue weighted by Crippen LogP contribution is 2.09. The molecule has 1 atom stereocenters. The van der Waals surface area contributed by atoms with Crippen molar-refractivity contribution in [1.29, 1.82) is 0 Å². The zero-order valence-corrected chi connectivity index (χ0v) is 8.42. The van der Waals surface area contributed by atoms with Gasteiger partial charge in [-0.15, -0.1) is 11.8 Å². The van der Waals surface area contributed by atoms with Gasteiger partial charge in [0.1, 0.15) is 0 Å². The molecular formula is C11H19NO. The van der Waals surface area contributed by atoms with Crippen LogP contribution in [0.4, 0.5) is 0 Å². The van der Waals surface area contributed by atoms with Crippen molar-refractivity contribution in [3.05, 3.63) is 0 Å². The van der Waals surface area contributed by atoms with E-state index in [1.54, 1.807) is 0 Å². The summed E-state index contributed by atoms with van der Waals surface area (Å²) in [5, 5.41) is 9.59. The van der Waals surface area contributed by atoms with Gasteiger partial charge in [0.25, 0.3) is 0 Å². The summed E-state index contributed by atoms with van der Waals surface area (Å²) in [4.78, 5) is 2.34. The second-order valence-corrected chi connectivity index (χ2v) is 3.65. The molecule has 1 aliphatic rings. The van der Waals surface area contributed by atoms with Crippen molar-refractivity contribution in [3.8, 4) is 11.8 Å². The van der Waals surface area contributed by atoms with E-state index < -0.39 is 0 Å². The van der Waals surface area contributed by atoms with Crippen molar-refractivity contribution in [2.75, 3.05) is 19.6 Å². The predicted octanol–water partition coefficient (Wildman–Crippen LogP) is 1.25. The first-order valence-corrected chi connectivity index (χ1v) is 5.13. The van der Waals surface area contributed by atoms with E-state index in [1.807, 2.05) is 6.92 Å². The van der Waals surface area contributed by atoms with Crippen molar-refractivity contribution in [2.45, 2.75) is 38.7 Å². The molecule has 1 N–H and O–H groups in total. The molecule has 0 aromatic rings. The van der Waals surface area contributed by atoms with Gasteiger partial charge in [-0.05, 0) is 32.9 Å². The highest BCUT2D eigenvalue weighted by molar-refractivity contribution is 4.97. The van der Waals surface area contributed by atoms with Gasteiger partial charge in [-0.1, -0.05) is 6.42 Å². The van der Waals surface area contributed by atoms with Gasteiger partial charge in [0.05, 0.1) is 6.10 Å². The number of aliphatic hydroxyl groups is 1. The molecule has 0 spiro atoms. The molecule has 0 saturated carbocycles. The molecule has 0 aromatic heterocycles. The molecule has 0 aliphatic carbocycles. The molecule has 0 bridgehead atoms. The van der Waals surface area contributed by atoms with Gasteiger partial charge < -0.3 is 10.0 Å². The number of likely N-dealkylation sites (tertiary alicyclic amines) is 1. The largest absolute Gasteiger partial charge is 0.391 e. The van der Waals surface area contributed by atoms with E-state index in [2.05, 4.69) is 16.7 Å². The zero-order valence-electron chi connectivity index (χ0n) is 8.42. The fraction of sp³-hybridized carbons (Fsp3) is 0.818. The third kappa shape index (κ3) is 4.31. The van der Waals surface area contributed by atoms with Gasteiger partial charge in [0.15, 0.2) is 0 Å². The van der Waals surface area contributed by atoms with Crippen LogP contribution in [0.5, 0.6) is 0 Å². The van der Waals surface area contributed by atoms with Crippen LogP contribution in [0.25, 0.3) is 0 Å². The Balaban J connectivity index is 2.16. The normalized spacial score (nSPS) is 20.5. The van der Waals surface area contributed by atoms with Crippen molar-refractivity contribution in [3.63, 3.8) is 0 Å². The van der Waals surface area contributed by atoms with Crippen LogP contribution in [0, 0.1) is 11.8 Å². The third-order valence-corrected chi connectivity index (χ3v) is 2.43. The van der Waals surface area contributed by atoms with Gasteiger partial charge in [-0.25, -0.2) is 0 Å². The maximum Gasteiger partial charge on any atom is 0.0776 e. The molecule has 2 nitrogen and oxygen atoms in total. The van der Waals surface area contributed by atoms with Crippen LogP contribution in [-0.4, -0.2) is 35.7 Å². The minimum atomic E-state index is -0.259. The second-order valence-electron chi connectivity index (χ2n) is 3.65. The molecule has 0 radical (unpaired) electrons. The Morgan fingerprint density at radius 2 is 2.00 bits per heavy atom. The molecule has 2 heteroatoms. The van der Waals surface area contributed by atoms with Crippen LogP contribution in [0.2, 0.25) is 0 Å². The number of nitrogens with zero attached hydrogens (tertiary/aromatic N) is 1. The minimum Gasteiger partial charge on any atom is -0.391 e.